The van der Waals surface area contributed by atoms with E-state index in [1.165, 1.54) is 0 Å². The monoisotopic (exact) mass is 239 g/mol. The molecule has 0 fully saturated rings. The lowest BCUT2D eigenvalue weighted by atomic mass is 9.82. The number of carbonyl (C=O) groups is 2. The van der Waals surface area contributed by atoms with Gasteiger partial charge in [0.25, 0.3) is 0 Å². The second-order valence-corrected chi connectivity index (χ2v) is 4.61. The van der Waals surface area contributed by atoms with Crippen LogP contribution in [0.15, 0.2) is 12.2 Å². The summed E-state index contributed by atoms with van der Waals surface area (Å²) in [6.07, 6.45) is 6.77. The number of amides is 1. The molecular weight excluding hydrogens is 218 g/mol. The van der Waals surface area contributed by atoms with Gasteiger partial charge in [0.1, 0.15) is 0 Å². The van der Waals surface area contributed by atoms with Gasteiger partial charge in [-0.15, -0.1) is 0 Å². The van der Waals surface area contributed by atoms with Gasteiger partial charge in [-0.2, -0.15) is 0 Å². The molecule has 1 N–H and O–H groups in total. The van der Waals surface area contributed by atoms with Crippen LogP contribution < -0.4 is 0 Å². The van der Waals surface area contributed by atoms with Crippen molar-refractivity contribution in [2.75, 3.05) is 13.6 Å². The van der Waals surface area contributed by atoms with Crippen LogP contribution in [-0.2, 0) is 9.59 Å². The molecule has 4 nitrogen and oxygen atoms in total. The minimum atomic E-state index is -0.864. The largest absolute Gasteiger partial charge is 0.481 e. The van der Waals surface area contributed by atoms with E-state index >= 15 is 0 Å². The molecule has 1 rings (SSSR count). The maximum Gasteiger partial charge on any atom is 0.307 e. The van der Waals surface area contributed by atoms with Crippen molar-refractivity contribution < 1.29 is 14.7 Å². The maximum atomic E-state index is 12.1. The first-order chi connectivity index (χ1) is 8.07. The van der Waals surface area contributed by atoms with Crippen molar-refractivity contribution in [3.8, 4) is 0 Å². The molecule has 1 aliphatic carbocycles. The lowest BCUT2D eigenvalue weighted by Gasteiger charge is -2.28. The molecule has 1 amide bonds. The topological polar surface area (TPSA) is 57.6 Å². The Labute approximate surface area is 102 Å². The van der Waals surface area contributed by atoms with Crippen LogP contribution in [0.2, 0.25) is 0 Å². The second-order valence-electron chi connectivity index (χ2n) is 4.61. The molecule has 0 aromatic carbocycles. The van der Waals surface area contributed by atoms with Crippen LogP contribution >= 0.6 is 0 Å². The summed E-state index contributed by atoms with van der Waals surface area (Å²) in [7, 11) is 1.76. The fraction of sp³-hybridized carbons (Fsp3) is 0.692. The van der Waals surface area contributed by atoms with E-state index in [2.05, 4.69) is 6.92 Å². The molecule has 4 heteroatoms. The highest BCUT2D eigenvalue weighted by molar-refractivity contribution is 5.85. The highest BCUT2D eigenvalue weighted by Gasteiger charge is 2.35. The number of carboxylic acids is 1. The van der Waals surface area contributed by atoms with E-state index in [4.69, 9.17) is 5.11 Å². The Balaban J connectivity index is 2.65. The van der Waals surface area contributed by atoms with Gasteiger partial charge in [0.15, 0.2) is 0 Å². The molecule has 0 unspecified atom stereocenters. The minimum Gasteiger partial charge on any atom is -0.481 e. The van der Waals surface area contributed by atoms with Crippen LogP contribution in [0.1, 0.15) is 32.6 Å². The van der Waals surface area contributed by atoms with E-state index in [-0.39, 0.29) is 11.8 Å². The van der Waals surface area contributed by atoms with Crippen molar-refractivity contribution in [3.63, 3.8) is 0 Å². The molecule has 0 heterocycles. The number of hydrogen-bond donors (Lipinski definition) is 1. The third-order valence-corrected chi connectivity index (χ3v) is 3.29. The summed E-state index contributed by atoms with van der Waals surface area (Å²) in [6, 6.07) is 0. The number of allylic oxidation sites excluding steroid dienone is 2. The summed E-state index contributed by atoms with van der Waals surface area (Å²) < 4.78 is 0. The first kappa shape index (κ1) is 13.7. The van der Waals surface area contributed by atoms with Crippen LogP contribution in [0.25, 0.3) is 0 Å². The van der Waals surface area contributed by atoms with Gasteiger partial charge in [0.05, 0.1) is 11.8 Å². The average molecular weight is 239 g/mol. The Morgan fingerprint density at radius 1 is 1.29 bits per heavy atom. The Bertz CT molecular complexity index is 312. The molecule has 1 aliphatic rings. The van der Waals surface area contributed by atoms with Gasteiger partial charge in [0, 0.05) is 13.6 Å². The second kappa shape index (κ2) is 6.42. The average Bonchev–Trinajstić information content (AvgIpc) is 2.34. The molecule has 0 aromatic heterocycles. The van der Waals surface area contributed by atoms with Crippen molar-refractivity contribution in [1.29, 1.82) is 0 Å². The fourth-order valence-corrected chi connectivity index (χ4v) is 2.15. The summed E-state index contributed by atoms with van der Waals surface area (Å²) in [4.78, 5) is 24.9. The number of unbranched alkanes of at least 4 members (excludes halogenated alkanes) is 1. The lowest BCUT2D eigenvalue weighted by molar-refractivity contribution is -0.150. The highest BCUT2D eigenvalue weighted by Crippen LogP contribution is 2.27. The smallest absolute Gasteiger partial charge is 0.307 e. The molecule has 2 atom stereocenters. The third-order valence-electron chi connectivity index (χ3n) is 3.29. The Morgan fingerprint density at radius 3 is 2.41 bits per heavy atom. The van der Waals surface area contributed by atoms with Gasteiger partial charge in [-0.3, -0.25) is 9.59 Å². The number of hydrogen-bond acceptors (Lipinski definition) is 2. The van der Waals surface area contributed by atoms with Crippen LogP contribution in [0.5, 0.6) is 0 Å². The number of aliphatic carboxylic acids is 1. The number of nitrogens with zero attached hydrogens (tertiary/aromatic N) is 1. The molecule has 0 aromatic rings. The molecule has 0 aliphatic heterocycles. The summed E-state index contributed by atoms with van der Waals surface area (Å²) >= 11 is 0. The number of rotatable bonds is 5. The zero-order chi connectivity index (χ0) is 12.8. The van der Waals surface area contributed by atoms with Crippen LogP contribution in [-0.4, -0.2) is 35.5 Å². The van der Waals surface area contributed by atoms with Crippen molar-refractivity contribution >= 4 is 11.9 Å². The molecule has 0 saturated heterocycles. The van der Waals surface area contributed by atoms with E-state index in [0.717, 1.165) is 12.8 Å². The quantitative estimate of drug-likeness (QED) is 0.746. The zero-order valence-electron chi connectivity index (χ0n) is 10.6. The Morgan fingerprint density at radius 2 is 1.88 bits per heavy atom. The van der Waals surface area contributed by atoms with Crippen molar-refractivity contribution in [2.24, 2.45) is 11.8 Å². The fourth-order valence-electron chi connectivity index (χ4n) is 2.15. The Hall–Kier alpha value is -1.32. The molecule has 0 radical (unpaired) electrons. The van der Waals surface area contributed by atoms with Crippen LogP contribution in [0.3, 0.4) is 0 Å². The van der Waals surface area contributed by atoms with Gasteiger partial charge in [0.2, 0.25) is 5.91 Å². The summed E-state index contributed by atoms with van der Waals surface area (Å²) in [5.41, 5.74) is 0. The van der Waals surface area contributed by atoms with Crippen molar-refractivity contribution in [1.82, 2.24) is 4.90 Å². The molecule has 0 bridgehead atoms. The van der Waals surface area contributed by atoms with Gasteiger partial charge >= 0.3 is 5.97 Å². The van der Waals surface area contributed by atoms with Crippen LogP contribution in [0, 0.1) is 11.8 Å². The molecule has 0 saturated carbocycles. The summed E-state index contributed by atoms with van der Waals surface area (Å²) in [6.45, 7) is 2.78. The van der Waals surface area contributed by atoms with Crippen molar-refractivity contribution in [3.05, 3.63) is 12.2 Å². The zero-order valence-corrected chi connectivity index (χ0v) is 10.6. The number of carbonyl (C=O) groups excluding carboxylic acids is 1. The van der Waals surface area contributed by atoms with Gasteiger partial charge in [-0.05, 0) is 19.3 Å². The van der Waals surface area contributed by atoms with Gasteiger partial charge in [-0.25, -0.2) is 0 Å². The van der Waals surface area contributed by atoms with E-state index in [0.29, 0.717) is 19.4 Å². The van der Waals surface area contributed by atoms with Gasteiger partial charge in [-0.1, -0.05) is 25.5 Å². The third kappa shape index (κ3) is 3.58. The summed E-state index contributed by atoms with van der Waals surface area (Å²) in [5, 5.41) is 9.11. The predicted molar refractivity (Wildman–Crippen MR) is 65.5 cm³/mol. The molecule has 96 valence electrons. The predicted octanol–water partition coefficient (Wildman–Crippen LogP) is 1.91. The molecular formula is C13H21NO3. The first-order valence-electron chi connectivity index (χ1n) is 6.20. The van der Waals surface area contributed by atoms with E-state index in [9.17, 15) is 9.59 Å². The first-order valence-corrected chi connectivity index (χ1v) is 6.20. The summed E-state index contributed by atoms with van der Waals surface area (Å²) in [5.74, 6) is -1.84. The Kier molecular flexibility index (Phi) is 5.19. The lowest BCUT2D eigenvalue weighted by Crippen LogP contribution is -2.40. The molecule has 17 heavy (non-hydrogen) atoms. The molecule has 0 spiro atoms. The number of carboxylic acid groups (broad SMARTS) is 1. The maximum absolute atomic E-state index is 12.1. The van der Waals surface area contributed by atoms with E-state index in [1.807, 2.05) is 12.2 Å². The van der Waals surface area contributed by atoms with E-state index < -0.39 is 11.9 Å². The standard InChI is InChI=1S/C13H21NO3/c1-3-4-9-14(2)12(15)10-7-5-6-8-11(10)13(16)17/h5-6,10-11H,3-4,7-9H2,1-2H3,(H,16,17)/t10-,11+/m1/s1. The SMILES string of the molecule is CCCCN(C)C(=O)[C@@H]1CC=CC[C@@H]1C(=O)O. The van der Waals surface area contributed by atoms with Crippen molar-refractivity contribution in [2.45, 2.75) is 32.6 Å². The normalized spacial score (nSPS) is 23.4. The van der Waals surface area contributed by atoms with E-state index in [1.54, 1.807) is 11.9 Å². The minimum absolute atomic E-state index is 0.0322. The van der Waals surface area contributed by atoms with Gasteiger partial charge < -0.3 is 10.0 Å². The van der Waals surface area contributed by atoms with Crippen LogP contribution in [0.4, 0.5) is 0 Å². The highest BCUT2D eigenvalue weighted by atomic mass is 16.4.